The summed E-state index contributed by atoms with van der Waals surface area (Å²) >= 11 is 5.59. The first-order valence-electron chi connectivity index (χ1n) is 7.33. The summed E-state index contributed by atoms with van der Waals surface area (Å²) in [6, 6.07) is 8.70. The van der Waals surface area contributed by atoms with Crippen LogP contribution in [0, 0.1) is 0 Å². The molecule has 1 aromatic heterocycles. The summed E-state index contributed by atoms with van der Waals surface area (Å²) in [6.07, 6.45) is 5.79. The van der Waals surface area contributed by atoms with Crippen molar-refractivity contribution in [3.05, 3.63) is 42.2 Å². The number of nitrogens with zero attached hydrogens (tertiary/aromatic N) is 3. The molecule has 0 bridgehead atoms. The van der Waals surface area contributed by atoms with Gasteiger partial charge < -0.3 is 9.80 Å². The number of benzene rings is 1. The Bertz CT molecular complexity index is 711. The molecule has 0 aliphatic carbocycles. The normalized spacial score (nSPS) is 16.9. The molecule has 0 atom stereocenters. The Morgan fingerprint density at radius 1 is 1.14 bits per heavy atom. The number of hydrogen-bond acceptors (Lipinski definition) is 3. The first-order chi connectivity index (χ1) is 10.2. The van der Waals surface area contributed by atoms with Crippen molar-refractivity contribution in [1.82, 2.24) is 4.98 Å². The fraction of sp³-hybridized carbons (Fsp3) is 0.294. The number of anilines is 2. The van der Waals surface area contributed by atoms with Gasteiger partial charge in [-0.25, -0.2) is 0 Å². The van der Waals surface area contributed by atoms with Gasteiger partial charge in [-0.05, 0) is 35.7 Å². The average molecular weight is 295 g/mol. The van der Waals surface area contributed by atoms with Gasteiger partial charge in [0.15, 0.2) is 0 Å². The minimum Gasteiger partial charge on any atom is -0.372 e. The lowest BCUT2D eigenvalue weighted by atomic mass is 10.0. The second-order valence-corrected chi connectivity index (χ2v) is 6.18. The van der Waals surface area contributed by atoms with E-state index in [9.17, 15) is 0 Å². The van der Waals surface area contributed by atoms with E-state index in [1.807, 2.05) is 18.5 Å². The topological polar surface area (TPSA) is 19.4 Å². The Kier molecular flexibility index (Phi) is 2.93. The van der Waals surface area contributed by atoms with Crippen LogP contribution in [-0.2, 0) is 6.42 Å². The van der Waals surface area contributed by atoms with Crippen molar-refractivity contribution in [3.8, 4) is 11.1 Å². The maximum absolute atomic E-state index is 5.59. The maximum Gasteiger partial charge on any atom is 0.0842 e. The highest BCUT2D eigenvalue weighted by molar-refractivity contribution is 7.80. The number of thiocarbonyl (C=S) groups is 1. The minimum atomic E-state index is 0.960. The summed E-state index contributed by atoms with van der Waals surface area (Å²) in [5.41, 5.74) is 6.45. The zero-order valence-electron chi connectivity index (χ0n) is 12.0. The number of aromatic nitrogens is 1. The van der Waals surface area contributed by atoms with Crippen LogP contribution in [0.25, 0.3) is 11.1 Å². The van der Waals surface area contributed by atoms with E-state index in [-0.39, 0.29) is 0 Å². The lowest BCUT2D eigenvalue weighted by Gasteiger charge is -2.22. The molecule has 106 valence electrons. The summed E-state index contributed by atoms with van der Waals surface area (Å²) in [5, 5.41) is 0. The van der Waals surface area contributed by atoms with Crippen molar-refractivity contribution in [1.29, 1.82) is 0 Å². The molecule has 2 aliphatic heterocycles. The maximum atomic E-state index is 5.59. The van der Waals surface area contributed by atoms with Crippen molar-refractivity contribution in [2.45, 2.75) is 12.8 Å². The molecule has 4 rings (SSSR count). The Hall–Kier alpha value is -1.94. The van der Waals surface area contributed by atoms with E-state index in [1.54, 1.807) is 0 Å². The predicted octanol–water partition coefficient (Wildman–Crippen LogP) is 3.28. The van der Waals surface area contributed by atoms with Gasteiger partial charge in [-0.3, -0.25) is 4.98 Å². The van der Waals surface area contributed by atoms with Crippen LogP contribution >= 0.6 is 12.2 Å². The molecule has 3 heterocycles. The fourth-order valence-electron chi connectivity index (χ4n) is 3.28. The highest BCUT2D eigenvalue weighted by Gasteiger charge is 2.30. The largest absolute Gasteiger partial charge is 0.372 e. The van der Waals surface area contributed by atoms with Crippen molar-refractivity contribution in [2.24, 2.45) is 0 Å². The molecule has 0 radical (unpaired) electrons. The molecule has 1 aromatic carbocycles. The van der Waals surface area contributed by atoms with E-state index < -0.39 is 0 Å². The molecule has 2 aromatic rings. The minimum absolute atomic E-state index is 0.960. The molecule has 0 spiro atoms. The second kappa shape index (κ2) is 4.81. The smallest absolute Gasteiger partial charge is 0.0842 e. The summed E-state index contributed by atoms with van der Waals surface area (Å²) in [4.78, 5) is 9.98. The van der Waals surface area contributed by atoms with E-state index in [2.05, 4.69) is 40.0 Å². The fourth-order valence-corrected chi connectivity index (χ4v) is 3.56. The lowest BCUT2D eigenvalue weighted by Crippen LogP contribution is -2.26. The van der Waals surface area contributed by atoms with Crippen LogP contribution in [0.2, 0.25) is 0 Å². The molecule has 0 unspecified atom stereocenters. The number of rotatable bonds is 1. The summed E-state index contributed by atoms with van der Waals surface area (Å²) < 4.78 is 0. The monoisotopic (exact) mass is 295 g/mol. The van der Waals surface area contributed by atoms with Crippen LogP contribution in [0.15, 0.2) is 36.7 Å². The molecule has 0 saturated heterocycles. The lowest BCUT2D eigenvalue weighted by molar-refractivity contribution is 0.925. The van der Waals surface area contributed by atoms with Crippen LogP contribution in [0.5, 0.6) is 0 Å². The van der Waals surface area contributed by atoms with Gasteiger partial charge >= 0.3 is 0 Å². The molecule has 0 saturated carbocycles. The third-order valence-electron chi connectivity index (χ3n) is 4.41. The van der Waals surface area contributed by atoms with Crippen LogP contribution in [0.3, 0.4) is 0 Å². The number of pyridine rings is 1. The third-order valence-corrected chi connectivity index (χ3v) is 4.84. The first-order valence-corrected chi connectivity index (χ1v) is 7.74. The van der Waals surface area contributed by atoms with E-state index >= 15 is 0 Å². The molecular formula is C17H17N3S. The van der Waals surface area contributed by atoms with E-state index in [4.69, 9.17) is 12.2 Å². The van der Waals surface area contributed by atoms with Gasteiger partial charge in [0.25, 0.3) is 0 Å². The van der Waals surface area contributed by atoms with Gasteiger partial charge in [0, 0.05) is 44.5 Å². The van der Waals surface area contributed by atoms with Gasteiger partial charge in [0.2, 0.25) is 0 Å². The summed E-state index contributed by atoms with van der Waals surface area (Å²) in [5.74, 6) is 0. The van der Waals surface area contributed by atoms with Crippen LogP contribution in [0.1, 0.15) is 12.0 Å². The Morgan fingerprint density at radius 2 is 2.05 bits per heavy atom. The Morgan fingerprint density at radius 3 is 2.86 bits per heavy atom. The molecular weight excluding hydrogens is 278 g/mol. The summed E-state index contributed by atoms with van der Waals surface area (Å²) in [7, 11) is 2.16. The van der Waals surface area contributed by atoms with Crippen molar-refractivity contribution < 1.29 is 0 Å². The summed E-state index contributed by atoms with van der Waals surface area (Å²) in [6.45, 7) is 2.00. The van der Waals surface area contributed by atoms with Crippen LogP contribution < -0.4 is 9.80 Å². The van der Waals surface area contributed by atoms with Crippen molar-refractivity contribution in [2.75, 3.05) is 29.9 Å². The predicted molar refractivity (Wildman–Crippen MR) is 91.2 cm³/mol. The third kappa shape index (κ3) is 2.02. The van der Waals surface area contributed by atoms with Gasteiger partial charge in [0.05, 0.1) is 16.4 Å². The van der Waals surface area contributed by atoms with Gasteiger partial charge in [0.1, 0.15) is 0 Å². The number of hydrogen-bond donors (Lipinski definition) is 0. The molecule has 3 nitrogen and oxygen atoms in total. The zero-order valence-corrected chi connectivity index (χ0v) is 12.9. The molecule has 0 amide bonds. The molecule has 4 heteroatoms. The highest BCUT2D eigenvalue weighted by atomic mass is 32.1. The van der Waals surface area contributed by atoms with Crippen molar-refractivity contribution in [3.63, 3.8) is 0 Å². The molecule has 0 fully saturated rings. The van der Waals surface area contributed by atoms with E-state index in [1.165, 1.54) is 28.1 Å². The van der Waals surface area contributed by atoms with Crippen LogP contribution in [-0.4, -0.2) is 30.1 Å². The van der Waals surface area contributed by atoms with Gasteiger partial charge in [-0.15, -0.1) is 0 Å². The SMILES string of the molecule is CN1CCC(=S)N2CCc3cc(-c4cccnc4)cc1c32. The molecule has 21 heavy (non-hydrogen) atoms. The Balaban J connectivity index is 1.91. The molecule has 2 aliphatic rings. The van der Waals surface area contributed by atoms with Gasteiger partial charge in [-0.2, -0.15) is 0 Å². The average Bonchev–Trinajstić information content (AvgIpc) is 2.91. The Labute approximate surface area is 130 Å². The molecule has 0 N–H and O–H groups in total. The van der Waals surface area contributed by atoms with Crippen molar-refractivity contribution >= 4 is 28.6 Å². The quantitative estimate of drug-likeness (QED) is 0.752. The highest BCUT2D eigenvalue weighted by Crippen LogP contribution is 2.42. The van der Waals surface area contributed by atoms with E-state index in [0.29, 0.717) is 0 Å². The first kappa shape index (κ1) is 12.8. The van der Waals surface area contributed by atoms with Gasteiger partial charge in [-0.1, -0.05) is 18.3 Å². The zero-order chi connectivity index (χ0) is 14.4. The second-order valence-electron chi connectivity index (χ2n) is 5.71. The van der Waals surface area contributed by atoms with Crippen LogP contribution in [0.4, 0.5) is 11.4 Å². The standard InChI is InChI=1S/C17H17N3S/c1-19-7-5-16(21)20-8-4-12-9-14(10-15(19)17(12)20)13-3-2-6-18-11-13/h2-3,6,9-11H,4-5,7-8H2,1H3. The van der Waals surface area contributed by atoms with E-state index in [0.717, 1.165) is 30.9 Å².